The maximum Gasteiger partial charge on any atom is 0.293 e. The van der Waals surface area contributed by atoms with Crippen molar-refractivity contribution in [3.63, 3.8) is 0 Å². The van der Waals surface area contributed by atoms with E-state index < -0.39 is 10.8 Å². The molecule has 2 fully saturated rings. The van der Waals surface area contributed by atoms with Crippen molar-refractivity contribution < 1.29 is 24.0 Å². The lowest BCUT2D eigenvalue weighted by Gasteiger charge is -2.28. The van der Waals surface area contributed by atoms with Crippen molar-refractivity contribution in [2.24, 2.45) is 0 Å². The van der Waals surface area contributed by atoms with Gasteiger partial charge in [0.15, 0.2) is 5.11 Å². The third kappa shape index (κ3) is 6.10. The Hall–Kier alpha value is -3.61. The minimum absolute atomic E-state index is 0.0298. The molecule has 2 heterocycles. The van der Waals surface area contributed by atoms with Gasteiger partial charge in [0.25, 0.3) is 17.5 Å². The van der Waals surface area contributed by atoms with Crippen molar-refractivity contribution in [3.05, 3.63) is 63.7 Å². The second-order valence-electron chi connectivity index (χ2n) is 7.95. The molecule has 0 bridgehead atoms. The lowest BCUT2D eigenvalue weighted by atomic mass is 10.1. The number of nitrogens with one attached hydrogen (secondary N) is 2. The zero-order chi connectivity index (χ0) is 24.8. The first-order chi connectivity index (χ1) is 16.9. The molecule has 35 heavy (non-hydrogen) atoms. The topological polar surface area (TPSA) is 126 Å². The second kappa shape index (κ2) is 11.2. The number of thiocarbonyl (C=S) groups is 1. The fourth-order valence-corrected chi connectivity index (χ4v) is 4.08. The summed E-state index contributed by atoms with van der Waals surface area (Å²) in [6.45, 7) is 4.22. The predicted octanol–water partition coefficient (Wildman–Crippen LogP) is 2.03. The van der Waals surface area contributed by atoms with Crippen LogP contribution in [0.15, 0.2) is 42.5 Å². The molecule has 2 aliphatic heterocycles. The van der Waals surface area contributed by atoms with Crippen LogP contribution in [0, 0.1) is 10.1 Å². The fourth-order valence-electron chi connectivity index (χ4n) is 3.87. The minimum atomic E-state index is -0.571. The Morgan fingerprint density at radius 1 is 0.914 bits per heavy atom. The first kappa shape index (κ1) is 24.5. The lowest BCUT2D eigenvalue weighted by Crippen LogP contribution is -2.40. The monoisotopic (exact) mass is 499 g/mol. The molecule has 4 rings (SSSR count). The van der Waals surface area contributed by atoms with E-state index in [0.717, 1.165) is 0 Å². The number of amides is 2. The summed E-state index contributed by atoms with van der Waals surface area (Å²) in [5.41, 5.74) is 1.54. The quantitative estimate of drug-likeness (QED) is 0.361. The zero-order valence-electron chi connectivity index (χ0n) is 18.9. The molecular formula is C23H25N5O6S. The van der Waals surface area contributed by atoms with Crippen LogP contribution in [-0.4, -0.2) is 79.4 Å². The molecule has 184 valence electrons. The van der Waals surface area contributed by atoms with Gasteiger partial charge in [0.1, 0.15) is 5.69 Å². The normalized spacial score (nSPS) is 15.9. The van der Waals surface area contributed by atoms with Gasteiger partial charge in [-0.1, -0.05) is 0 Å². The highest BCUT2D eigenvalue weighted by Gasteiger charge is 2.24. The van der Waals surface area contributed by atoms with E-state index in [0.29, 0.717) is 69.5 Å². The molecule has 0 spiro atoms. The van der Waals surface area contributed by atoms with Gasteiger partial charge in [-0.25, -0.2) is 0 Å². The van der Waals surface area contributed by atoms with Crippen LogP contribution in [0.2, 0.25) is 0 Å². The van der Waals surface area contributed by atoms with Gasteiger partial charge in [0.2, 0.25) is 0 Å². The number of hydrogen-bond acceptors (Lipinski definition) is 8. The van der Waals surface area contributed by atoms with Crippen molar-refractivity contribution in [3.8, 4) is 0 Å². The van der Waals surface area contributed by atoms with E-state index in [9.17, 15) is 19.7 Å². The Morgan fingerprint density at radius 3 is 2.14 bits per heavy atom. The highest BCUT2D eigenvalue weighted by molar-refractivity contribution is 7.80. The number of carbonyl (C=O) groups excluding carboxylic acids is 2. The average Bonchev–Trinajstić information content (AvgIpc) is 2.89. The molecule has 0 aromatic heterocycles. The van der Waals surface area contributed by atoms with Gasteiger partial charge in [0.05, 0.1) is 31.4 Å². The Labute approximate surface area is 207 Å². The Balaban J connectivity index is 1.37. The largest absolute Gasteiger partial charge is 0.378 e. The maximum absolute atomic E-state index is 12.7. The molecule has 2 saturated heterocycles. The zero-order valence-corrected chi connectivity index (χ0v) is 19.7. The molecular weight excluding hydrogens is 474 g/mol. The van der Waals surface area contributed by atoms with Crippen LogP contribution in [0.3, 0.4) is 0 Å². The third-order valence-electron chi connectivity index (χ3n) is 5.70. The number of nitro groups is 1. The molecule has 2 N–H and O–H groups in total. The molecule has 2 aliphatic rings. The number of ether oxygens (including phenoxy) is 2. The third-order valence-corrected chi connectivity index (χ3v) is 5.91. The standard InChI is InChI=1S/C23H25N5O6S/c29-21(17-3-6-19(20(15-17)28(31)32)26-7-11-33-12-8-26)25-23(35)24-18-4-1-16(2-5-18)22(30)27-9-13-34-14-10-27/h1-6,15H,7-14H2,(H2,24,25,29,35). The SMILES string of the molecule is O=C(NC(=S)Nc1ccc(C(=O)N2CCOCC2)cc1)c1ccc(N2CCOCC2)c([N+](=O)[O-])c1. The second-order valence-corrected chi connectivity index (χ2v) is 8.36. The molecule has 11 nitrogen and oxygen atoms in total. The van der Waals surface area contributed by atoms with Crippen LogP contribution in [0.5, 0.6) is 0 Å². The van der Waals surface area contributed by atoms with Gasteiger partial charge in [-0.3, -0.25) is 25.0 Å². The Kier molecular flexibility index (Phi) is 7.85. The number of anilines is 2. The summed E-state index contributed by atoms with van der Waals surface area (Å²) in [5.74, 6) is -0.643. The van der Waals surface area contributed by atoms with Gasteiger partial charge in [0, 0.05) is 49.1 Å². The highest BCUT2D eigenvalue weighted by atomic mass is 32.1. The molecule has 0 saturated carbocycles. The van der Waals surface area contributed by atoms with Crippen LogP contribution in [-0.2, 0) is 9.47 Å². The van der Waals surface area contributed by atoms with Gasteiger partial charge in [-0.05, 0) is 48.6 Å². The van der Waals surface area contributed by atoms with Gasteiger partial charge in [-0.15, -0.1) is 0 Å². The Bertz CT molecular complexity index is 1110. The van der Waals surface area contributed by atoms with E-state index in [2.05, 4.69) is 10.6 Å². The van der Waals surface area contributed by atoms with E-state index >= 15 is 0 Å². The van der Waals surface area contributed by atoms with E-state index in [-0.39, 0.29) is 22.3 Å². The first-order valence-corrected chi connectivity index (χ1v) is 11.5. The number of rotatable bonds is 5. The van der Waals surface area contributed by atoms with E-state index in [1.807, 2.05) is 4.90 Å². The van der Waals surface area contributed by atoms with Crippen LogP contribution in [0.25, 0.3) is 0 Å². The van der Waals surface area contributed by atoms with Gasteiger partial charge >= 0.3 is 0 Å². The summed E-state index contributed by atoms with van der Waals surface area (Å²) in [6.07, 6.45) is 0. The molecule has 0 atom stereocenters. The van der Waals surface area contributed by atoms with Crippen molar-refractivity contribution in [2.75, 3.05) is 62.8 Å². The van der Waals surface area contributed by atoms with Gasteiger partial charge < -0.3 is 24.6 Å². The number of nitro benzene ring substituents is 1. The van der Waals surface area contributed by atoms with Crippen molar-refractivity contribution in [2.45, 2.75) is 0 Å². The van der Waals surface area contributed by atoms with Crippen LogP contribution in [0.4, 0.5) is 17.1 Å². The highest BCUT2D eigenvalue weighted by Crippen LogP contribution is 2.30. The summed E-state index contributed by atoms with van der Waals surface area (Å²) in [6, 6.07) is 11.1. The summed E-state index contributed by atoms with van der Waals surface area (Å²) < 4.78 is 10.6. The van der Waals surface area contributed by atoms with Crippen LogP contribution >= 0.6 is 12.2 Å². The molecule has 12 heteroatoms. The van der Waals surface area contributed by atoms with Crippen molar-refractivity contribution in [1.29, 1.82) is 0 Å². The Morgan fingerprint density at radius 2 is 1.51 bits per heavy atom. The lowest BCUT2D eigenvalue weighted by molar-refractivity contribution is -0.384. The summed E-state index contributed by atoms with van der Waals surface area (Å²) >= 11 is 5.22. The molecule has 0 unspecified atom stereocenters. The number of nitrogens with zero attached hydrogens (tertiary/aromatic N) is 3. The number of hydrogen-bond donors (Lipinski definition) is 2. The van der Waals surface area contributed by atoms with Crippen LogP contribution < -0.4 is 15.5 Å². The summed E-state index contributed by atoms with van der Waals surface area (Å²) in [5, 5.41) is 17.1. The fraction of sp³-hybridized carbons (Fsp3) is 0.348. The average molecular weight is 500 g/mol. The number of morpholine rings is 2. The van der Waals surface area contributed by atoms with Crippen molar-refractivity contribution >= 4 is 46.2 Å². The minimum Gasteiger partial charge on any atom is -0.378 e. The maximum atomic E-state index is 12.7. The number of benzene rings is 2. The number of carbonyl (C=O) groups is 2. The molecule has 2 amide bonds. The van der Waals surface area contributed by atoms with Crippen molar-refractivity contribution in [1.82, 2.24) is 10.2 Å². The predicted molar refractivity (Wildman–Crippen MR) is 133 cm³/mol. The molecule has 2 aromatic carbocycles. The van der Waals surface area contributed by atoms with E-state index in [1.165, 1.54) is 12.1 Å². The summed E-state index contributed by atoms with van der Waals surface area (Å²) in [4.78, 5) is 39.9. The molecule has 0 aliphatic carbocycles. The van der Waals surface area contributed by atoms with E-state index in [4.69, 9.17) is 21.7 Å². The first-order valence-electron chi connectivity index (χ1n) is 11.1. The van der Waals surface area contributed by atoms with Gasteiger partial charge in [-0.2, -0.15) is 0 Å². The van der Waals surface area contributed by atoms with Crippen LogP contribution in [0.1, 0.15) is 20.7 Å². The molecule has 0 radical (unpaired) electrons. The smallest absolute Gasteiger partial charge is 0.293 e. The van der Waals surface area contributed by atoms with E-state index in [1.54, 1.807) is 35.2 Å². The summed E-state index contributed by atoms with van der Waals surface area (Å²) in [7, 11) is 0. The molecule has 2 aromatic rings.